The molecule has 1 aromatic carbocycles. The second-order valence-electron chi connectivity index (χ2n) is 5.89. The average Bonchev–Trinajstić information content (AvgIpc) is 2.82. The van der Waals surface area contributed by atoms with Crippen molar-refractivity contribution in [2.24, 2.45) is 5.14 Å². The maximum Gasteiger partial charge on any atom is 0.267 e. The van der Waals surface area contributed by atoms with E-state index in [1.807, 2.05) is 6.92 Å². The summed E-state index contributed by atoms with van der Waals surface area (Å²) in [5.74, 6) is 0.0470. The van der Waals surface area contributed by atoms with E-state index in [0.717, 1.165) is 35.0 Å². The average molecular weight is 354 g/mol. The lowest BCUT2D eigenvalue weighted by atomic mass is 9.83. The molecule has 6 nitrogen and oxygen atoms in total. The predicted molar refractivity (Wildman–Crippen MR) is 86.2 cm³/mol. The molecule has 0 saturated heterocycles. The maximum absolute atomic E-state index is 12.9. The smallest absolute Gasteiger partial charge is 0.244 e. The molecular formula is C15H18N2O4S2. The van der Waals surface area contributed by atoms with Crippen LogP contribution < -0.4 is 5.14 Å². The Morgan fingerprint density at radius 2 is 1.65 bits per heavy atom. The van der Waals surface area contributed by atoms with Gasteiger partial charge < -0.3 is 0 Å². The number of nitrogens with zero attached hydrogens (tertiary/aromatic N) is 1. The zero-order chi connectivity index (χ0) is 16.8. The molecule has 1 aliphatic rings. The van der Waals surface area contributed by atoms with Gasteiger partial charge in [0, 0.05) is 17.8 Å². The van der Waals surface area contributed by atoms with Crippen LogP contribution in [0.1, 0.15) is 36.4 Å². The summed E-state index contributed by atoms with van der Waals surface area (Å²) in [5.41, 5.74) is 1.43. The molecule has 1 aliphatic carbocycles. The lowest BCUT2D eigenvalue weighted by Gasteiger charge is -2.26. The molecule has 0 spiro atoms. The summed E-state index contributed by atoms with van der Waals surface area (Å²) in [5, 5.41) is 5.16. The van der Waals surface area contributed by atoms with E-state index in [1.165, 1.54) is 18.2 Å². The first kappa shape index (κ1) is 16.2. The van der Waals surface area contributed by atoms with Crippen LogP contribution in [0.15, 0.2) is 46.3 Å². The Morgan fingerprint density at radius 1 is 1.04 bits per heavy atom. The molecule has 3 rings (SSSR count). The number of benzene rings is 1. The number of aryl methyl sites for hydroxylation is 1. The van der Waals surface area contributed by atoms with Crippen LogP contribution in [-0.2, 0) is 20.0 Å². The van der Waals surface area contributed by atoms with E-state index in [1.54, 1.807) is 12.1 Å². The fraction of sp³-hybridized carbons (Fsp3) is 0.333. The van der Waals surface area contributed by atoms with E-state index in [9.17, 15) is 16.8 Å². The van der Waals surface area contributed by atoms with E-state index in [0.29, 0.717) is 5.69 Å². The molecule has 0 amide bonds. The van der Waals surface area contributed by atoms with Crippen LogP contribution in [0.25, 0.3) is 0 Å². The molecule has 0 bridgehead atoms. The lowest BCUT2D eigenvalue weighted by molar-refractivity contribution is 0.408. The summed E-state index contributed by atoms with van der Waals surface area (Å²) in [4.78, 5) is -0.0460. The third-order valence-electron chi connectivity index (χ3n) is 4.22. The van der Waals surface area contributed by atoms with Crippen molar-refractivity contribution in [1.82, 2.24) is 3.97 Å². The van der Waals surface area contributed by atoms with Gasteiger partial charge in [0.05, 0.1) is 4.90 Å². The second kappa shape index (κ2) is 5.47. The van der Waals surface area contributed by atoms with E-state index < -0.39 is 20.0 Å². The summed E-state index contributed by atoms with van der Waals surface area (Å²) in [6, 6.07) is 7.84. The first-order valence-electron chi connectivity index (χ1n) is 7.27. The molecule has 2 N–H and O–H groups in total. The summed E-state index contributed by atoms with van der Waals surface area (Å²) in [6.45, 7) is 1.87. The van der Waals surface area contributed by atoms with E-state index in [2.05, 4.69) is 0 Å². The highest BCUT2D eigenvalue weighted by Crippen LogP contribution is 2.38. The molecule has 1 aromatic heterocycles. The Labute approximate surface area is 136 Å². The van der Waals surface area contributed by atoms with Gasteiger partial charge in [0.2, 0.25) is 10.0 Å². The normalized spacial score (nSPS) is 16.3. The first-order valence-corrected chi connectivity index (χ1v) is 10.3. The molecule has 0 aliphatic heterocycles. The molecule has 2 aromatic rings. The molecule has 0 atom stereocenters. The van der Waals surface area contributed by atoms with Crippen LogP contribution >= 0.6 is 0 Å². The van der Waals surface area contributed by atoms with Gasteiger partial charge in [-0.15, -0.1) is 0 Å². The van der Waals surface area contributed by atoms with Crippen LogP contribution in [0.5, 0.6) is 0 Å². The minimum Gasteiger partial charge on any atom is -0.244 e. The van der Waals surface area contributed by atoms with Gasteiger partial charge in [0.25, 0.3) is 10.0 Å². The van der Waals surface area contributed by atoms with Crippen LogP contribution in [0.2, 0.25) is 0 Å². The number of hydrogen-bond acceptors (Lipinski definition) is 4. The monoisotopic (exact) mass is 354 g/mol. The number of sulfonamides is 1. The molecule has 0 radical (unpaired) electrons. The Morgan fingerprint density at radius 3 is 2.13 bits per heavy atom. The lowest BCUT2D eigenvalue weighted by Crippen LogP contribution is -2.20. The molecular weight excluding hydrogens is 336 g/mol. The van der Waals surface area contributed by atoms with Crippen molar-refractivity contribution in [1.29, 1.82) is 0 Å². The van der Waals surface area contributed by atoms with E-state index in [-0.39, 0.29) is 15.7 Å². The summed E-state index contributed by atoms with van der Waals surface area (Å²) >= 11 is 0. The van der Waals surface area contributed by atoms with Gasteiger partial charge in [-0.25, -0.2) is 25.9 Å². The van der Waals surface area contributed by atoms with Crippen molar-refractivity contribution >= 4 is 20.0 Å². The molecule has 1 saturated carbocycles. The Bertz CT molecular complexity index is 938. The first-order chi connectivity index (χ1) is 10.7. The molecule has 0 unspecified atom stereocenters. The summed E-state index contributed by atoms with van der Waals surface area (Å²) in [6.07, 6.45) is 3.80. The number of rotatable bonds is 4. The highest BCUT2D eigenvalue weighted by Gasteiger charge is 2.30. The largest absolute Gasteiger partial charge is 0.267 e. The zero-order valence-electron chi connectivity index (χ0n) is 12.6. The second-order valence-corrected chi connectivity index (χ2v) is 9.26. The summed E-state index contributed by atoms with van der Waals surface area (Å²) in [7, 11) is -7.81. The Hall–Kier alpha value is -1.64. The molecule has 23 heavy (non-hydrogen) atoms. The van der Waals surface area contributed by atoms with Gasteiger partial charge in [-0.3, -0.25) is 0 Å². The van der Waals surface area contributed by atoms with Gasteiger partial charge in [-0.1, -0.05) is 24.1 Å². The van der Waals surface area contributed by atoms with Crippen molar-refractivity contribution in [2.45, 2.75) is 41.9 Å². The number of nitrogens with two attached hydrogens (primary N) is 1. The van der Waals surface area contributed by atoms with Gasteiger partial charge in [0.15, 0.2) is 0 Å². The van der Waals surface area contributed by atoms with Gasteiger partial charge in [0.1, 0.15) is 4.90 Å². The highest BCUT2D eigenvalue weighted by atomic mass is 32.2. The fourth-order valence-corrected chi connectivity index (χ4v) is 4.67. The Balaban J connectivity index is 2.17. The standard InChI is InChI=1S/C15H18N2O4S2/c1-11-5-7-13(8-6-11)23(20,21)17-10-14(22(16,18)19)9-15(17)12-3-2-4-12/h5-10,12H,2-4H2,1H3,(H2,16,18,19). The Kier molecular flexibility index (Phi) is 3.86. The van der Waals surface area contributed by atoms with Crippen LogP contribution in [0.4, 0.5) is 0 Å². The van der Waals surface area contributed by atoms with Crippen molar-refractivity contribution in [3.05, 3.63) is 47.8 Å². The van der Waals surface area contributed by atoms with E-state index in [4.69, 9.17) is 5.14 Å². The van der Waals surface area contributed by atoms with Gasteiger partial charge in [-0.05, 0) is 38.0 Å². The van der Waals surface area contributed by atoms with Gasteiger partial charge in [-0.2, -0.15) is 0 Å². The fourth-order valence-electron chi connectivity index (χ4n) is 2.63. The minimum atomic E-state index is -3.96. The minimum absolute atomic E-state index is 0.0470. The summed E-state index contributed by atoms with van der Waals surface area (Å²) < 4.78 is 50.0. The predicted octanol–water partition coefficient (Wildman–Crippen LogP) is 1.95. The quantitative estimate of drug-likeness (QED) is 0.907. The zero-order valence-corrected chi connectivity index (χ0v) is 14.3. The highest BCUT2D eigenvalue weighted by molar-refractivity contribution is 7.90. The third kappa shape index (κ3) is 2.93. The SMILES string of the molecule is Cc1ccc(S(=O)(=O)n2cc(S(N)(=O)=O)cc2C2CCC2)cc1. The van der Waals surface area contributed by atoms with Gasteiger partial charge >= 0.3 is 0 Å². The third-order valence-corrected chi connectivity index (χ3v) is 6.80. The van der Waals surface area contributed by atoms with Crippen LogP contribution in [0, 0.1) is 6.92 Å². The van der Waals surface area contributed by atoms with Crippen molar-refractivity contribution in [3.63, 3.8) is 0 Å². The van der Waals surface area contributed by atoms with Crippen LogP contribution in [-0.4, -0.2) is 20.8 Å². The van der Waals surface area contributed by atoms with Crippen molar-refractivity contribution in [2.75, 3.05) is 0 Å². The molecule has 1 heterocycles. The topological polar surface area (TPSA) is 99.2 Å². The number of primary sulfonamides is 1. The number of aromatic nitrogens is 1. The molecule has 8 heteroatoms. The van der Waals surface area contributed by atoms with Crippen molar-refractivity contribution in [3.8, 4) is 0 Å². The van der Waals surface area contributed by atoms with Crippen LogP contribution in [0.3, 0.4) is 0 Å². The molecule has 1 fully saturated rings. The molecule has 124 valence electrons. The number of hydrogen-bond donors (Lipinski definition) is 1. The maximum atomic E-state index is 12.9. The van der Waals surface area contributed by atoms with E-state index >= 15 is 0 Å². The van der Waals surface area contributed by atoms with Crippen molar-refractivity contribution < 1.29 is 16.8 Å².